The summed E-state index contributed by atoms with van der Waals surface area (Å²) in [6, 6.07) is 53.1. The van der Waals surface area contributed by atoms with Crippen molar-refractivity contribution in [3.05, 3.63) is 158 Å². The number of rotatable bonds is 4. The molecule has 0 aliphatic carbocycles. The molecule has 0 radical (unpaired) electrons. The van der Waals surface area contributed by atoms with Gasteiger partial charge in [-0.15, -0.1) is 0 Å². The summed E-state index contributed by atoms with van der Waals surface area (Å²) in [6.45, 7) is 0. The lowest BCUT2D eigenvalue weighted by Gasteiger charge is -2.12. The number of aromatic nitrogens is 4. The van der Waals surface area contributed by atoms with Crippen LogP contribution in [0.2, 0.25) is 0 Å². The molecule has 0 fully saturated rings. The normalized spacial score (nSPS) is 11.6. The Hall–Kier alpha value is -6.00. The molecule has 6 aromatic carbocycles. The monoisotopic (exact) mass is 562 g/mol. The van der Waals surface area contributed by atoms with Gasteiger partial charge < -0.3 is 4.57 Å². The summed E-state index contributed by atoms with van der Waals surface area (Å²) in [5.41, 5.74) is 7.47. The van der Waals surface area contributed by atoms with Crippen molar-refractivity contribution in [2.24, 2.45) is 0 Å². The van der Waals surface area contributed by atoms with Crippen molar-refractivity contribution in [3.8, 4) is 34.2 Å². The third kappa shape index (κ3) is 3.78. The highest BCUT2D eigenvalue weighted by molar-refractivity contribution is 6.28. The highest BCUT2D eigenvalue weighted by Gasteiger charge is 2.21. The maximum atomic E-state index is 5.25. The molecule has 9 aromatic rings. The third-order valence-corrected chi connectivity index (χ3v) is 8.55. The summed E-state index contributed by atoms with van der Waals surface area (Å²) in [4.78, 5) is 10.3. The van der Waals surface area contributed by atoms with E-state index in [0.29, 0.717) is 5.82 Å². The van der Waals surface area contributed by atoms with Crippen LogP contribution in [0.15, 0.2) is 158 Å². The van der Waals surface area contributed by atoms with Gasteiger partial charge in [-0.1, -0.05) is 115 Å². The molecular formula is C40H26N4. The van der Waals surface area contributed by atoms with Crippen molar-refractivity contribution in [1.82, 2.24) is 19.1 Å². The highest BCUT2D eigenvalue weighted by Crippen LogP contribution is 2.41. The lowest BCUT2D eigenvalue weighted by atomic mass is 10.0. The van der Waals surface area contributed by atoms with Gasteiger partial charge in [0.2, 0.25) is 0 Å². The Balaban J connectivity index is 1.45. The minimum atomic E-state index is 0.700. The highest BCUT2D eigenvalue weighted by atomic mass is 15.1. The summed E-state index contributed by atoms with van der Waals surface area (Å²) >= 11 is 0. The van der Waals surface area contributed by atoms with Crippen LogP contribution in [0.1, 0.15) is 0 Å². The van der Waals surface area contributed by atoms with E-state index in [9.17, 15) is 0 Å². The molecule has 4 nitrogen and oxygen atoms in total. The molecule has 0 spiro atoms. The Kier molecular flexibility index (Phi) is 5.47. The second-order valence-corrected chi connectivity index (χ2v) is 11.1. The number of fused-ring (bicyclic) bond motifs is 7. The Labute approximate surface area is 254 Å². The molecule has 206 valence electrons. The lowest BCUT2D eigenvalue weighted by molar-refractivity contribution is 1.05. The van der Waals surface area contributed by atoms with Gasteiger partial charge in [0.15, 0.2) is 5.82 Å². The topological polar surface area (TPSA) is 35.6 Å². The van der Waals surface area contributed by atoms with E-state index in [0.717, 1.165) is 39.4 Å². The maximum Gasteiger partial charge on any atom is 0.162 e. The molecule has 9 rings (SSSR count). The van der Waals surface area contributed by atoms with Gasteiger partial charge in [0, 0.05) is 45.2 Å². The fourth-order valence-electron chi connectivity index (χ4n) is 6.56. The molecule has 0 N–H and O–H groups in total. The van der Waals surface area contributed by atoms with E-state index in [1.165, 1.54) is 32.4 Å². The SMILES string of the molecule is c1ccc(-c2cc(-n3c4ccc5ccccc5c4c4c5c(ccc43)ccn5-c3ccccc3)nc(-c3ccccc3)n2)cc1. The first kappa shape index (κ1) is 24.6. The van der Waals surface area contributed by atoms with Crippen molar-refractivity contribution in [3.63, 3.8) is 0 Å². The second kappa shape index (κ2) is 9.79. The van der Waals surface area contributed by atoms with E-state index in [2.05, 4.69) is 143 Å². The minimum absolute atomic E-state index is 0.700. The smallest absolute Gasteiger partial charge is 0.162 e. The summed E-state index contributed by atoms with van der Waals surface area (Å²) in [7, 11) is 0. The second-order valence-electron chi connectivity index (χ2n) is 11.1. The Morgan fingerprint density at radius 3 is 1.89 bits per heavy atom. The van der Waals surface area contributed by atoms with E-state index >= 15 is 0 Å². The number of benzene rings is 6. The number of hydrogen-bond donors (Lipinski definition) is 0. The quantitative estimate of drug-likeness (QED) is 0.214. The van der Waals surface area contributed by atoms with E-state index in [-0.39, 0.29) is 0 Å². The summed E-state index contributed by atoms with van der Waals surface area (Å²) < 4.78 is 4.63. The van der Waals surface area contributed by atoms with E-state index < -0.39 is 0 Å². The van der Waals surface area contributed by atoms with Crippen LogP contribution in [-0.2, 0) is 0 Å². The van der Waals surface area contributed by atoms with Gasteiger partial charge in [-0.3, -0.25) is 4.57 Å². The van der Waals surface area contributed by atoms with E-state index in [1.54, 1.807) is 0 Å². The molecule has 0 aliphatic rings. The molecule has 44 heavy (non-hydrogen) atoms. The van der Waals surface area contributed by atoms with Gasteiger partial charge in [-0.25, -0.2) is 9.97 Å². The van der Waals surface area contributed by atoms with Gasteiger partial charge in [0.25, 0.3) is 0 Å². The largest absolute Gasteiger partial charge is 0.316 e. The van der Waals surface area contributed by atoms with Crippen LogP contribution in [-0.4, -0.2) is 19.1 Å². The molecule has 0 saturated heterocycles. The van der Waals surface area contributed by atoms with Crippen molar-refractivity contribution in [1.29, 1.82) is 0 Å². The zero-order valence-electron chi connectivity index (χ0n) is 23.8. The Morgan fingerprint density at radius 2 is 1.11 bits per heavy atom. The van der Waals surface area contributed by atoms with Crippen molar-refractivity contribution < 1.29 is 0 Å². The minimum Gasteiger partial charge on any atom is -0.316 e. The van der Waals surface area contributed by atoms with Crippen LogP contribution in [0.3, 0.4) is 0 Å². The summed E-state index contributed by atoms with van der Waals surface area (Å²) in [5.74, 6) is 1.54. The number of hydrogen-bond acceptors (Lipinski definition) is 2. The molecular weight excluding hydrogens is 536 g/mol. The van der Waals surface area contributed by atoms with Crippen LogP contribution in [0.4, 0.5) is 0 Å². The molecule has 0 bridgehead atoms. The van der Waals surface area contributed by atoms with Crippen LogP contribution in [0.5, 0.6) is 0 Å². The molecule has 4 heteroatoms. The summed E-state index contributed by atoms with van der Waals surface area (Å²) in [5, 5.41) is 6.07. The molecule has 0 saturated carbocycles. The molecule has 3 heterocycles. The van der Waals surface area contributed by atoms with Crippen molar-refractivity contribution in [2.45, 2.75) is 0 Å². The Bertz CT molecular complexity index is 2420. The van der Waals surface area contributed by atoms with Gasteiger partial charge in [-0.05, 0) is 41.1 Å². The van der Waals surface area contributed by atoms with E-state index in [4.69, 9.17) is 9.97 Å². The van der Waals surface area contributed by atoms with Crippen LogP contribution < -0.4 is 0 Å². The fourth-order valence-corrected chi connectivity index (χ4v) is 6.56. The zero-order valence-corrected chi connectivity index (χ0v) is 23.8. The first-order valence-electron chi connectivity index (χ1n) is 14.9. The fraction of sp³-hybridized carbons (Fsp3) is 0. The molecule has 3 aromatic heterocycles. The molecule has 0 amide bonds. The third-order valence-electron chi connectivity index (χ3n) is 8.55. The van der Waals surface area contributed by atoms with Gasteiger partial charge >= 0.3 is 0 Å². The van der Waals surface area contributed by atoms with Gasteiger partial charge in [-0.2, -0.15) is 0 Å². The van der Waals surface area contributed by atoms with Crippen LogP contribution in [0, 0.1) is 0 Å². The van der Waals surface area contributed by atoms with E-state index in [1.807, 2.05) is 24.3 Å². The zero-order chi connectivity index (χ0) is 29.0. The number of para-hydroxylation sites is 1. The molecule has 0 atom stereocenters. The summed E-state index contributed by atoms with van der Waals surface area (Å²) in [6.07, 6.45) is 2.18. The van der Waals surface area contributed by atoms with Crippen LogP contribution >= 0.6 is 0 Å². The van der Waals surface area contributed by atoms with Gasteiger partial charge in [0.05, 0.1) is 22.2 Å². The predicted molar refractivity (Wildman–Crippen MR) is 182 cm³/mol. The maximum absolute atomic E-state index is 5.25. The van der Waals surface area contributed by atoms with Crippen molar-refractivity contribution in [2.75, 3.05) is 0 Å². The molecule has 0 unspecified atom stereocenters. The average molecular weight is 563 g/mol. The first-order chi connectivity index (χ1) is 21.8. The van der Waals surface area contributed by atoms with Gasteiger partial charge in [0.1, 0.15) is 5.82 Å². The predicted octanol–water partition coefficient (Wildman–Crippen LogP) is 10.0. The van der Waals surface area contributed by atoms with Crippen LogP contribution in [0.25, 0.3) is 77.6 Å². The molecule has 0 aliphatic heterocycles. The standard InChI is InChI=1S/C40H26N4/c1-4-13-28(14-5-1)33-26-36(42-40(41-33)30-15-6-2-7-16-30)44-34-22-20-27-12-10-11-19-32(27)37(34)38-35(44)23-21-29-24-25-43(39(29)38)31-17-8-3-9-18-31/h1-26H. The first-order valence-corrected chi connectivity index (χ1v) is 14.9. The number of nitrogens with zero attached hydrogens (tertiary/aromatic N) is 4. The Morgan fingerprint density at radius 1 is 0.477 bits per heavy atom. The van der Waals surface area contributed by atoms with Crippen molar-refractivity contribution >= 4 is 43.5 Å². The average Bonchev–Trinajstić information content (AvgIpc) is 3.69. The lowest BCUT2D eigenvalue weighted by Crippen LogP contribution is -2.02.